The van der Waals surface area contributed by atoms with Gasteiger partial charge in [0.05, 0.1) is 0 Å². The van der Waals surface area contributed by atoms with Crippen LogP contribution in [0.3, 0.4) is 0 Å². The van der Waals surface area contributed by atoms with E-state index in [1.165, 1.54) is 16.9 Å². The van der Waals surface area contributed by atoms with Crippen molar-refractivity contribution < 1.29 is 0 Å². The SMILES string of the molecule is CC(CCNc1n[nH]c(=S)s1)c1ccccc1. The van der Waals surface area contributed by atoms with Crippen molar-refractivity contribution in [2.45, 2.75) is 19.3 Å². The Morgan fingerprint density at radius 1 is 1.41 bits per heavy atom. The zero-order chi connectivity index (χ0) is 12.1. The molecule has 2 aromatic rings. The number of H-pyrrole nitrogens is 1. The average Bonchev–Trinajstić information content (AvgIpc) is 2.76. The number of hydrogen-bond acceptors (Lipinski definition) is 4. The molecule has 1 aromatic heterocycles. The van der Waals surface area contributed by atoms with E-state index in [1.54, 1.807) is 0 Å². The molecule has 3 nitrogen and oxygen atoms in total. The Kier molecular flexibility index (Phi) is 4.28. The van der Waals surface area contributed by atoms with Gasteiger partial charge in [-0.2, -0.15) is 0 Å². The van der Waals surface area contributed by atoms with Gasteiger partial charge in [0, 0.05) is 6.54 Å². The summed E-state index contributed by atoms with van der Waals surface area (Å²) in [5.74, 6) is 0.551. The van der Waals surface area contributed by atoms with E-state index < -0.39 is 0 Å². The zero-order valence-corrected chi connectivity index (χ0v) is 11.3. The molecular formula is C12H15N3S2. The minimum absolute atomic E-state index is 0.551. The molecule has 90 valence electrons. The number of rotatable bonds is 5. The molecule has 0 aliphatic heterocycles. The summed E-state index contributed by atoms with van der Waals surface area (Å²) in [4.78, 5) is 0. The third-order valence-corrected chi connectivity index (χ3v) is 3.71. The van der Waals surface area contributed by atoms with Crippen LogP contribution in [0.2, 0.25) is 0 Å². The van der Waals surface area contributed by atoms with Crippen molar-refractivity contribution >= 4 is 28.7 Å². The molecule has 5 heteroatoms. The molecule has 1 aromatic carbocycles. The fourth-order valence-corrected chi connectivity index (χ4v) is 2.46. The Bertz CT molecular complexity index is 504. The molecule has 0 radical (unpaired) electrons. The number of nitrogens with zero attached hydrogens (tertiary/aromatic N) is 1. The van der Waals surface area contributed by atoms with Gasteiger partial charge in [0.2, 0.25) is 5.13 Å². The van der Waals surface area contributed by atoms with Crippen LogP contribution in [0.5, 0.6) is 0 Å². The molecule has 0 saturated heterocycles. The first kappa shape index (κ1) is 12.3. The lowest BCUT2D eigenvalue weighted by Crippen LogP contribution is -2.05. The Morgan fingerprint density at radius 3 is 2.82 bits per heavy atom. The molecule has 17 heavy (non-hydrogen) atoms. The smallest absolute Gasteiger partial charge is 0.204 e. The Labute approximate surface area is 110 Å². The molecule has 1 heterocycles. The Balaban J connectivity index is 1.81. The lowest BCUT2D eigenvalue weighted by molar-refractivity contribution is 0.705. The monoisotopic (exact) mass is 265 g/mol. The van der Waals surface area contributed by atoms with E-state index in [4.69, 9.17) is 12.2 Å². The number of anilines is 1. The van der Waals surface area contributed by atoms with Gasteiger partial charge in [0.25, 0.3) is 0 Å². The fourth-order valence-electron chi connectivity index (χ4n) is 1.65. The van der Waals surface area contributed by atoms with E-state index in [-0.39, 0.29) is 0 Å². The lowest BCUT2D eigenvalue weighted by Gasteiger charge is -2.11. The van der Waals surface area contributed by atoms with E-state index in [0.717, 1.165) is 18.1 Å². The quantitative estimate of drug-likeness (QED) is 0.808. The number of nitrogens with one attached hydrogen (secondary N) is 2. The highest BCUT2D eigenvalue weighted by molar-refractivity contribution is 7.73. The van der Waals surface area contributed by atoms with Gasteiger partial charge in [-0.05, 0) is 30.1 Å². The second-order valence-electron chi connectivity index (χ2n) is 3.95. The van der Waals surface area contributed by atoms with Crippen molar-refractivity contribution in [3.63, 3.8) is 0 Å². The van der Waals surface area contributed by atoms with Crippen LogP contribution in [-0.4, -0.2) is 16.7 Å². The number of aromatic amines is 1. The van der Waals surface area contributed by atoms with Crippen molar-refractivity contribution in [2.75, 3.05) is 11.9 Å². The first-order valence-corrected chi connectivity index (χ1v) is 6.82. The second kappa shape index (κ2) is 5.93. The molecule has 0 fully saturated rings. The minimum Gasteiger partial charge on any atom is -0.360 e. The van der Waals surface area contributed by atoms with Gasteiger partial charge in [0.1, 0.15) is 0 Å². The summed E-state index contributed by atoms with van der Waals surface area (Å²) in [5, 5.41) is 11.0. The van der Waals surface area contributed by atoms with Crippen molar-refractivity contribution in [3.8, 4) is 0 Å². The Morgan fingerprint density at radius 2 is 2.18 bits per heavy atom. The molecule has 0 saturated carbocycles. The van der Waals surface area contributed by atoms with E-state index >= 15 is 0 Å². The first-order chi connectivity index (χ1) is 8.25. The van der Waals surface area contributed by atoms with E-state index in [2.05, 4.69) is 46.7 Å². The van der Waals surface area contributed by atoms with Crippen LogP contribution >= 0.6 is 23.6 Å². The highest BCUT2D eigenvalue weighted by Gasteiger charge is 2.04. The molecule has 0 aliphatic rings. The molecular weight excluding hydrogens is 250 g/mol. The van der Waals surface area contributed by atoms with E-state index in [0.29, 0.717) is 9.87 Å². The predicted molar refractivity (Wildman–Crippen MR) is 75.3 cm³/mol. The second-order valence-corrected chi connectivity index (χ2v) is 5.61. The van der Waals surface area contributed by atoms with Gasteiger partial charge >= 0.3 is 0 Å². The standard InChI is InChI=1S/C12H15N3S2/c1-9(10-5-3-2-4-6-10)7-8-13-11-14-15-12(16)17-11/h2-6,9H,7-8H2,1H3,(H,13,14)(H,15,16). The van der Waals surface area contributed by atoms with Crippen molar-refractivity contribution in [3.05, 3.63) is 39.8 Å². The van der Waals surface area contributed by atoms with Gasteiger partial charge in [-0.15, -0.1) is 5.10 Å². The van der Waals surface area contributed by atoms with Gasteiger partial charge in [-0.3, -0.25) is 5.10 Å². The number of aromatic nitrogens is 2. The van der Waals surface area contributed by atoms with E-state index in [9.17, 15) is 0 Å². The van der Waals surface area contributed by atoms with E-state index in [1.807, 2.05) is 6.07 Å². The van der Waals surface area contributed by atoms with Crippen LogP contribution in [-0.2, 0) is 0 Å². The maximum atomic E-state index is 4.97. The lowest BCUT2D eigenvalue weighted by atomic mass is 9.98. The molecule has 2 N–H and O–H groups in total. The van der Waals surface area contributed by atoms with Crippen molar-refractivity contribution in [1.29, 1.82) is 0 Å². The van der Waals surface area contributed by atoms with Crippen LogP contribution in [0, 0.1) is 3.95 Å². The normalized spacial score (nSPS) is 12.3. The molecule has 1 atom stereocenters. The van der Waals surface area contributed by atoms with Crippen LogP contribution in [0.1, 0.15) is 24.8 Å². The van der Waals surface area contributed by atoms with Gasteiger partial charge in [-0.25, -0.2) is 0 Å². The van der Waals surface area contributed by atoms with Crippen LogP contribution in [0.15, 0.2) is 30.3 Å². The van der Waals surface area contributed by atoms with Crippen molar-refractivity contribution in [2.24, 2.45) is 0 Å². The van der Waals surface area contributed by atoms with Crippen LogP contribution < -0.4 is 5.32 Å². The van der Waals surface area contributed by atoms with Crippen LogP contribution in [0.4, 0.5) is 5.13 Å². The summed E-state index contributed by atoms with van der Waals surface area (Å²) in [5.41, 5.74) is 1.38. The average molecular weight is 265 g/mol. The van der Waals surface area contributed by atoms with Gasteiger partial charge < -0.3 is 5.32 Å². The van der Waals surface area contributed by atoms with Gasteiger partial charge in [0.15, 0.2) is 3.95 Å². The minimum atomic E-state index is 0.551. The predicted octanol–water partition coefficient (Wildman–Crippen LogP) is 3.81. The third-order valence-electron chi connectivity index (χ3n) is 2.66. The maximum absolute atomic E-state index is 4.97. The van der Waals surface area contributed by atoms with Gasteiger partial charge in [-0.1, -0.05) is 48.6 Å². The fraction of sp³-hybridized carbons (Fsp3) is 0.333. The molecule has 0 bridgehead atoms. The summed E-state index contributed by atoms with van der Waals surface area (Å²) in [6.07, 6.45) is 1.08. The Hall–Kier alpha value is -1.20. The van der Waals surface area contributed by atoms with Crippen LogP contribution in [0.25, 0.3) is 0 Å². The highest BCUT2D eigenvalue weighted by atomic mass is 32.1. The molecule has 0 aliphatic carbocycles. The third kappa shape index (κ3) is 3.64. The topological polar surface area (TPSA) is 40.7 Å². The maximum Gasteiger partial charge on any atom is 0.204 e. The molecule has 2 rings (SSSR count). The number of hydrogen-bond donors (Lipinski definition) is 2. The van der Waals surface area contributed by atoms with Crippen molar-refractivity contribution in [1.82, 2.24) is 10.2 Å². The highest BCUT2D eigenvalue weighted by Crippen LogP contribution is 2.19. The summed E-state index contributed by atoms with van der Waals surface area (Å²) in [6, 6.07) is 10.5. The molecule has 0 amide bonds. The zero-order valence-electron chi connectivity index (χ0n) is 9.64. The number of benzene rings is 1. The molecule has 1 unspecified atom stereocenters. The first-order valence-electron chi connectivity index (χ1n) is 5.60. The molecule has 0 spiro atoms. The summed E-state index contributed by atoms with van der Waals surface area (Å²) in [7, 11) is 0. The summed E-state index contributed by atoms with van der Waals surface area (Å²) < 4.78 is 0.712. The summed E-state index contributed by atoms with van der Waals surface area (Å²) >= 11 is 6.44. The summed E-state index contributed by atoms with van der Waals surface area (Å²) in [6.45, 7) is 3.15. The largest absolute Gasteiger partial charge is 0.360 e.